The molecule has 3 N–H and O–H groups in total. The van der Waals surface area contributed by atoms with Gasteiger partial charge in [-0.3, -0.25) is 9.59 Å². The van der Waals surface area contributed by atoms with Crippen LogP contribution in [0, 0.1) is 0 Å². The maximum atomic E-state index is 12.5. The molecule has 0 saturated heterocycles. The first-order chi connectivity index (χ1) is 30.0. The quantitative estimate of drug-likeness (QED) is 0.0418. The summed E-state index contributed by atoms with van der Waals surface area (Å²) < 4.78 is 5.46. The number of amides is 1. The minimum atomic E-state index is -0.673. The van der Waals surface area contributed by atoms with E-state index in [2.05, 4.69) is 19.2 Å². The third-order valence-corrected chi connectivity index (χ3v) is 13.2. The number of esters is 1. The smallest absolute Gasteiger partial charge is 0.305 e. The summed E-state index contributed by atoms with van der Waals surface area (Å²) in [6, 6.07) is -0.552. The van der Waals surface area contributed by atoms with E-state index in [0.29, 0.717) is 25.9 Å². The number of unbranched alkanes of at least 4 members (excludes halogenated alkanes) is 41. The van der Waals surface area contributed by atoms with Crippen LogP contribution in [0.3, 0.4) is 0 Å². The molecule has 1 amide bonds. The van der Waals surface area contributed by atoms with Gasteiger partial charge in [0.2, 0.25) is 5.91 Å². The van der Waals surface area contributed by atoms with Gasteiger partial charge in [0.25, 0.3) is 0 Å². The Bertz CT molecular complexity index is 867. The van der Waals surface area contributed by atoms with Crippen molar-refractivity contribution in [2.45, 2.75) is 328 Å². The van der Waals surface area contributed by atoms with Crippen LogP contribution in [0.25, 0.3) is 0 Å². The minimum absolute atomic E-state index is 0.00735. The maximum absolute atomic E-state index is 12.5. The Balaban J connectivity index is 3.45. The van der Waals surface area contributed by atoms with Crippen LogP contribution in [0.15, 0.2) is 0 Å². The van der Waals surface area contributed by atoms with Crippen molar-refractivity contribution < 1.29 is 24.5 Å². The van der Waals surface area contributed by atoms with Crippen molar-refractivity contribution in [3.05, 3.63) is 0 Å². The van der Waals surface area contributed by atoms with Gasteiger partial charge in [0, 0.05) is 12.8 Å². The summed E-state index contributed by atoms with van der Waals surface area (Å²) in [6.07, 6.45) is 57.9. The summed E-state index contributed by atoms with van der Waals surface area (Å²) in [5.41, 5.74) is 0. The Morgan fingerprint density at radius 2 is 0.672 bits per heavy atom. The zero-order valence-electron chi connectivity index (χ0n) is 41.4. The molecule has 0 aromatic carbocycles. The van der Waals surface area contributed by atoms with Crippen molar-refractivity contribution in [1.29, 1.82) is 0 Å². The summed E-state index contributed by atoms with van der Waals surface area (Å²) >= 11 is 0. The van der Waals surface area contributed by atoms with E-state index in [1.54, 1.807) is 0 Å². The number of ether oxygens (including phenoxy) is 1. The Kier molecular flexibility index (Phi) is 50.5. The Morgan fingerprint density at radius 1 is 0.393 bits per heavy atom. The first kappa shape index (κ1) is 59.9. The molecule has 2 unspecified atom stereocenters. The van der Waals surface area contributed by atoms with Gasteiger partial charge in [-0.15, -0.1) is 0 Å². The highest BCUT2D eigenvalue weighted by atomic mass is 16.5. The summed E-state index contributed by atoms with van der Waals surface area (Å²) in [5, 5.41) is 23.3. The average molecular weight is 864 g/mol. The van der Waals surface area contributed by atoms with Gasteiger partial charge in [-0.25, -0.2) is 0 Å². The molecule has 6 heteroatoms. The predicted molar refractivity (Wildman–Crippen MR) is 264 cm³/mol. The molecule has 0 fully saturated rings. The van der Waals surface area contributed by atoms with Crippen molar-refractivity contribution in [1.82, 2.24) is 5.32 Å². The fraction of sp³-hybridized carbons (Fsp3) is 0.964. The molecule has 0 saturated carbocycles. The molecule has 0 rings (SSSR count). The zero-order chi connectivity index (χ0) is 44.4. The van der Waals surface area contributed by atoms with Crippen LogP contribution in [0.1, 0.15) is 316 Å². The summed E-state index contributed by atoms with van der Waals surface area (Å²) in [4.78, 5) is 24.5. The minimum Gasteiger partial charge on any atom is -0.466 e. The molecule has 61 heavy (non-hydrogen) atoms. The van der Waals surface area contributed by atoms with Crippen LogP contribution < -0.4 is 5.32 Å². The highest BCUT2D eigenvalue weighted by molar-refractivity contribution is 5.76. The number of carbonyl (C=O) groups is 2. The lowest BCUT2D eigenvalue weighted by Gasteiger charge is -2.22. The molecule has 0 radical (unpaired) electrons. The molecular weight excluding hydrogens is 755 g/mol. The van der Waals surface area contributed by atoms with Crippen LogP contribution in [-0.2, 0) is 14.3 Å². The van der Waals surface area contributed by atoms with Gasteiger partial charge in [0.15, 0.2) is 0 Å². The van der Waals surface area contributed by atoms with E-state index >= 15 is 0 Å². The van der Waals surface area contributed by atoms with Crippen LogP contribution in [0.4, 0.5) is 0 Å². The van der Waals surface area contributed by atoms with Gasteiger partial charge in [0.05, 0.1) is 25.4 Å². The van der Waals surface area contributed by atoms with Crippen LogP contribution in [0.2, 0.25) is 0 Å². The summed E-state index contributed by atoms with van der Waals surface area (Å²) in [6.45, 7) is 4.94. The standard InChI is InChI=1S/C55H109NO5/c1-3-5-7-9-11-13-15-17-18-19-20-21-22-23-24-27-31-35-39-43-47-53(58)52(51-57)56-54(59)48-44-40-36-32-28-25-26-30-34-38-42-46-50-61-55(60)49-45-41-37-33-29-16-14-12-10-8-6-4-2/h52-53,57-58H,3-51H2,1-2H3,(H,56,59). The van der Waals surface area contributed by atoms with Gasteiger partial charge in [-0.2, -0.15) is 0 Å². The van der Waals surface area contributed by atoms with Crippen molar-refractivity contribution in [2.75, 3.05) is 13.2 Å². The maximum Gasteiger partial charge on any atom is 0.305 e. The van der Waals surface area contributed by atoms with Crippen molar-refractivity contribution in [3.63, 3.8) is 0 Å². The normalized spacial score (nSPS) is 12.5. The number of hydrogen-bond acceptors (Lipinski definition) is 5. The first-order valence-corrected chi connectivity index (χ1v) is 27.8. The highest BCUT2D eigenvalue weighted by Crippen LogP contribution is 2.18. The lowest BCUT2D eigenvalue weighted by Crippen LogP contribution is -2.45. The van der Waals surface area contributed by atoms with E-state index in [-0.39, 0.29) is 18.5 Å². The topological polar surface area (TPSA) is 95.9 Å². The van der Waals surface area contributed by atoms with E-state index in [1.807, 2.05) is 0 Å². The summed E-state index contributed by atoms with van der Waals surface area (Å²) in [5.74, 6) is -0.0540. The Morgan fingerprint density at radius 3 is 1.00 bits per heavy atom. The van der Waals surface area contributed by atoms with E-state index in [9.17, 15) is 19.8 Å². The van der Waals surface area contributed by atoms with Crippen molar-refractivity contribution >= 4 is 11.9 Å². The predicted octanol–water partition coefficient (Wildman–Crippen LogP) is 16.7. The van der Waals surface area contributed by atoms with Gasteiger partial charge in [-0.1, -0.05) is 277 Å². The molecule has 0 aromatic rings. The second-order valence-electron chi connectivity index (χ2n) is 19.3. The second kappa shape index (κ2) is 51.5. The number of aliphatic hydroxyl groups excluding tert-OH is 2. The number of rotatable bonds is 52. The Hall–Kier alpha value is -1.14. The molecule has 0 spiro atoms. The number of hydrogen-bond donors (Lipinski definition) is 3. The SMILES string of the molecule is CCCCCCCCCCCCCCCCCCCCCCC(O)C(CO)NC(=O)CCCCCCCCCCCCCCOC(=O)CCCCCCCCCCCCCC. The molecule has 2 atom stereocenters. The zero-order valence-corrected chi connectivity index (χ0v) is 41.4. The number of carbonyl (C=O) groups excluding carboxylic acids is 2. The third-order valence-electron chi connectivity index (χ3n) is 13.2. The number of nitrogens with one attached hydrogen (secondary N) is 1. The van der Waals surface area contributed by atoms with Gasteiger partial charge in [-0.05, 0) is 25.7 Å². The molecule has 0 aliphatic heterocycles. The molecule has 0 aromatic heterocycles. The third kappa shape index (κ3) is 48.2. The molecule has 6 nitrogen and oxygen atoms in total. The van der Waals surface area contributed by atoms with Crippen LogP contribution in [0.5, 0.6) is 0 Å². The monoisotopic (exact) mass is 864 g/mol. The largest absolute Gasteiger partial charge is 0.466 e. The highest BCUT2D eigenvalue weighted by Gasteiger charge is 2.20. The molecule has 0 heterocycles. The lowest BCUT2D eigenvalue weighted by molar-refractivity contribution is -0.143. The van der Waals surface area contributed by atoms with Crippen LogP contribution >= 0.6 is 0 Å². The molecule has 0 aliphatic rings. The van der Waals surface area contributed by atoms with E-state index in [4.69, 9.17) is 4.74 Å². The fourth-order valence-electron chi connectivity index (χ4n) is 8.88. The van der Waals surface area contributed by atoms with E-state index in [0.717, 1.165) is 57.8 Å². The lowest BCUT2D eigenvalue weighted by atomic mass is 10.0. The van der Waals surface area contributed by atoms with E-state index in [1.165, 1.54) is 225 Å². The number of aliphatic hydroxyl groups is 2. The molecular formula is C55H109NO5. The Labute approximate surface area is 381 Å². The van der Waals surface area contributed by atoms with Crippen LogP contribution in [-0.4, -0.2) is 47.4 Å². The summed E-state index contributed by atoms with van der Waals surface area (Å²) in [7, 11) is 0. The fourth-order valence-corrected chi connectivity index (χ4v) is 8.88. The van der Waals surface area contributed by atoms with Gasteiger partial charge < -0.3 is 20.3 Å². The van der Waals surface area contributed by atoms with Gasteiger partial charge >= 0.3 is 5.97 Å². The van der Waals surface area contributed by atoms with Gasteiger partial charge in [0.1, 0.15) is 0 Å². The van der Waals surface area contributed by atoms with Crippen molar-refractivity contribution in [3.8, 4) is 0 Å². The second-order valence-corrected chi connectivity index (χ2v) is 19.3. The first-order valence-electron chi connectivity index (χ1n) is 27.8. The molecule has 364 valence electrons. The molecule has 0 bridgehead atoms. The van der Waals surface area contributed by atoms with E-state index < -0.39 is 12.1 Å². The van der Waals surface area contributed by atoms with Crippen molar-refractivity contribution in [2.24, 2.45) is 0 Å². The average Bonchev–Trinajstić information content (AvgIpc) is 3.26. The molecule has 0 aliphatic carbocycles.